The van der Waals surface area contributed by atoms with Crippen molar-refractivity contribution in [2.24, 2.45) is 0 Å². The van der Waals surface area contributed by atoms with E-state index in [1.807, 2.05) is 0 Å². The van der Waals surface area contributed by atoms with Crippen LogP contribution in [0.5, 0.6) is 0 Å². The molecule has 0 heterocycles. The molecule has 0 atom stereocenters. The smallest absolute Gasteiger partial charge is 0.381 e. The highest BCUT2D eigenvalue weighted by Gasteiger charge is 2.37. The summed E-state index contributed by atoms with van der Waals surface area (Å²) in [4.78, 5) is 11.6. The number of halogens is 6. The van der Waals surface area contributed by atoms with Crippen molar-refractivity contribution in [3.63, 3.8) is 0 Å². The van der Waals surface area contributed by atoms with E-state index in [1.165, 1.54) is 0 Å². The normalized spacial score (nSPS) is 12.3. The number of benzene rings is 1. The van der Waals surface area contributed by atoms with Crippen LogP contribution in [0.2, 0.25) is 0 Å². The van der Waals surface area contributed by atoms with Crippen molar-refractivity contribution in [1.82, 2.24) is 0 Å². The fourth-order valence-electron chi connectivity index (χ4n) is 1.65. The molecule has 0 radical (unpaired) electrons. The van der Waals surface area contributed by atoms with E-state index < -0.39 is 35.1 Å². The summed E-state index contributed by atoms with van der Waals surface area (Å²) >= 11 is 1.16. The Labute approximate surface area is 138 Å². The summed E-state index contributed by atoms with van der Waals surface area (Å²) in [5.74, 6) is -0.313. The van der Waals surface area contributed by atoms with Crippen LogP contribution in [0.3, 0.4) is 0 Å². The first-order valence-electron chi connectivity index (χ1n) is 6.79. The maximum Gasteiger partial charge on any atom is 0.416 e. The van der Waals surface area contributed by atoms with Crippen LogP contribution < -0.4 is 5.32 Å². The minimum atomic E-state index is -4.95. The molecule has 1 amide bonds. The number of hydrogen-bond acceptors (Lipinski definition) is 3. The third-order valence-corrected chi connectivity index (χ3v) is 3.60. The number of hydrogen-bond donors (Lipinski definition) is 1. The second-order valence-electron chi connectivity index (χ2n) is 4.59. The summed E-state index contributed by atoms with van der Waals surface area (Å²) in [6.45, 7) is 2.71. The molecule has 0 fully saturated rings. The molecule has 0 aromatic heterocycles. The number of amides is 1. The Morgan fingerprint density at radius 2 is 1.62 bits per heavy atom. The Morgan fingerprint density at radius 3 is 2.08 bits per heavy atom. The number of thioether (sulfide) groups is 1. The van der Waals surface area contributed by atoms with Crippen LogP contribution in [0, 0.1) is 0 Å². The molecular weight excluding hydrogens is 360 g/mol. The average molecular weight is 375 g/mol. The zero-order chi connectivity index (χ0) is 18.4. The molecule has 0 saturated carbocycles. The quantitative estimate of drug-likeness (QED) is 0.566. The van der Waals surface area contributed by atoms with Gasteiger partial charge in [-0.3, -0.25) is 4.79 Å². The Bertz CT molecular complexity index is 527. The molecule has 3 nitrogen and oxygen atoms in total. The monoisotopic (exact) mass is 375 g/mol. The zero-order valence-corrected chi connectivity index (χ0v) is 13.4. The second kappa shape index (κ2) is 8.61. The molecule has 0 aliphatic heterocycles. The molecule has 0 aliphatic rings. The molecule has 1 aromatic rings. The molecule has 136 valence electrons. The SMILES string of the molecule is CCOCCSCC(=O)Nc1cc(C(F)(F)F)cc(C(F)(F)F)c1. The van der Waals surface area contributed by atoms with Gasteiger partial charge in [0, 0.05) is 18.0 Å². The Balaban J connectivity index is 2.81. The molecule has 0 aliphatic carbocycles. The third kappa shape index (κ3) is 7.00. The van der Waals surface area contributed by atoms with Gasteiger partial charge in [-0.15, -0.1) is 11.8 Å². The van der Waals surface area contributed by atoms with E-state index in [-0.39, 0.29) is 11.8 Å². The van der Waals surface area contributed by atoms with E-state index in [9.17, 15) is 31.1 Å². The molecule has 0 bridgehead atoms. The van der Waals surface area contributed by atoms with Crippen molar-refractivity contribution in [2.45, 2.75) is 19.3 Å². The summed E-state index contributed by atoms with van der Waals surface area (Å²) in [6, 6.07) is 0.947. The molecule has 24 heavy (non-hydrogen) atoms. The van der Waals surface area contributed by atoms with Gasteiger partial charge in [0.25, 0.3) is 0 Å². The Hall–Kier alpha value is -1.42. The minimum Gasteiger partial charge on any atom is -0.381 e. The maximum atomic E-state index is 12.7. The largest absolute Gasteiger partial charge is 0.416 e. The van der Waals surface area contributed by atoms with Crippen LogP contribution in [0.25, 0.3) is 0 Å². The second-order valence-corrected chi connectivity index (χ2v) is 5.70. The van der Waals surface area contributed by atoms with Gasteiger partial charge in [0.05, 0.1) is 23.5 Å². The summed E-state index contributed by atoms with van der Waals surface area (Å²) < 4.78 is 81.2. The lowest BCUT2D eigenvalue weighted by Crippen LogP contribution is -2.17. The first kappa shape index (κ1) is 20.6. The number of alkyl halides is 6. The predicted molar refractivity (Wildman–Crippen MR) is 78.9 cm³/mol. The fourth-order valence-corrected chi connectivity index (χ4v) is 2.29. The van der Waals surface area contributed by atoms with Crippen LogP contribution in [0.15, 0.2) is 18.2 Å². The van der Waals surface area contributed by atoms with Crippen molar-refractivity contribution in [1.29, 1.82) is 0 Å². The van der Waals surface area contributed by atoms with Crippen LogP contribution in [-0.4, -0.2) is 30.6 Å². The van der Waals surface area contributed by atoms with Gasteiger partial charge in [-0.25, -0.2) is 0 Å². The lowest BCUT2D eigenvalue weighted by molar-refractivity contribution is -0.143. The van der Waals surface area contributed by atoms with Gasteiger partial charge in [-0.05, 0) is 25.1 Å². The number of carbonyl (C=O) groups is 1. The van der Waals surface area contributed by atoms with Crippen molar-refractivity contribution >= 4 is 23.4 Å². The highest BCUT2D eigenvalue weighted by Crippen LogP contribution is 2.37. The van der Waals surface area contributed by atoms with Crippen LogP contribution in [-0.2, 0) is 21.9 Å². The molecular formula is C14H15F6NO2S. The maximum absolute atomic E-state index is 12.7. The van der Waals surface area contributed by atoms with Gasteiger partial charge in [-0.2, -0.15) is 26.3 Å². The summed E-state index contributed by atoms with van der Waals surface area (Å²) in [5.41, 5.74) is -3.50. The third-order valence-electron chi connectivity index (χ3n) is 2.68. The molecule has 0 spiro atoms. The van der Waals surface area contributed by atoms with Gasteiger partial charge in [-0.1, -0.05) is 0 Å². The predicted octanol–water partition coefficient (Wildman–Crippen LogP) is 4.43. The minimum absolute atomic E-state index is 0.00644. The van der Waals surface area contributed by atoms with E-state index in [0.29, 0.717) is 31.1 Å². The molecule has 1 aromatic carbocycles. The Kier molecular flexibility index (Phi) is 7.40. The van der Waals surface area contributed by atoms with Gasteiger partial charge in [0.2, 0.25) is 5.91 Å². The first-order valence-corrected chi connectivity index (χ1v) is 7.94. The van der Waals surface area contributed by atoms with Crippen molar-refractivity contribution < 1.29 is 35.9 Å². The topological polar surface area (TPSA) is 38.3 Å². The van der Waals surface area contributed by atoms with E-state index in [4.69, 9.17) is 4.74 Å². The molecule has 0 saturated heterocycles. The van der Waals surface area contributed by atoms with E-state index >= 15 is 0 Å². The number of anilines is 1. The number of ether oxygens (including phenoxy) is 1. The van der Waals surface area contributed by atoms with Crippen LogP contribution in [0.1, 0.15) is 18.1 Å². The zero-order valence-electron chi connectivity index (χ0n) is 12.6. The Morgan fingerprint density at radius 1 is 1.08 bits per heavy atom. The molecule has 1 rings (SSSR count). The van der Waals surface area contributed by atoms with Gasteiger partial charge in [0.1, 0.15) is 0 Å². The van der Waals surface area contributed by atoms with Crippen molar-refractivity contribution in [2.75, 3.05) is 30.0 Å². The summed E-state index contributed by atoms with van der Waals surface area (Å²) in [5, 5.41) is 2.06. The molecule has 10 heteroatoms. The number of rotatable bonds is 7. The van der Waals surface area contributed by atoms with Crippen LogP contribution in [0.4, 0.5) is 32.0 Å². The van der Waals surface area contributed by atoms with Gasteiger partial charge in [0.15, 0.2) is 0 Å². The summed E-state index contributed by atoms with van der Waals surface area (Å²) in [6.07, 6.45) is -9.90. The number of nitrogens with one attached hydrogen (secondary N) is 1. The summed E-state index contributed by atoms with van der Waals surface area (Å²) in [7, 11) is 0. The van der Waals surface area contributed by atoms with E-state index in [2.05, 4.69) is 5.32 Å². The highest BCUT2D eigenvalue weighted by molar-refractivity contribution is 7.99. The lowest BCUT2D eigenvalue weighted by Gasteiger charge is -2.14. The van der Waals surface area contributed by atoms with Crippen molar-refractivity contribution in [3.05, 3.63) is 29.3 Å². The standard InChI is InChI=1S/C14H15F6NO2S/c1-2-23-3-4-24-8-12(22)21-11-6-9(13(15,16)17)5-10(7-11)14(18,19)20/h5-7H,2-4,8H2,1H3,(H,21,22). The van der Waals surface area contributed by atoms with E-state index in [0.717, 1.165) is 11.8 Å². The van der Waals surface area contributed by atoms with Gasteiger partial charge >= 0.3 is 12.4 Å². The van der Waals surface area contributed by atoms with Gasteiger partial charge < -0.3 is 10.1 Å². The number of carbonyl (C=O) groups excluding carboxylic acids is 1. The highest BCUT2D eigenvalue weighted by atomic mass is 32.2. The average Bonchev–Trinajstić information content (AvgIpc) is 2.45. The van der Waals surface area contributed by atoms with Crippen LogP contribution >= 0.6 is 11.8 Å². The molecule has 0 unspecified atom stereocenters. The first-order chi connectivity index (χ1) is 11.0. The fraction of sp³-hybridized carbons (Fsp3) is 0.500. The molecule has 1 N–H and O–H groups in total. The van der Waals surface area contributed by atoms with Crippen molar-refractivity contribution in [3.8, 4) is 0 Å². The lowest BCUT2D eigenvalue weighted by atomic mass is 10.1. The van der Waals surface area contributed by atoms with E-state index in [1.54, 1.807) is 6.92 Å².